The quantitative estimate of drug-likeness (QED) is 0.774. The lowest BCUT2D eigenvalue weighted by Gasteiger charge is -2.08. The predicted octanol–water partition coefficient (Wildman–Crippen LogP) is 1.65. The molecule has 0 atom stereocenters. The number of carbonyl (C=O) groups excluding carboxylic acids is 2. The third kappa shape index (κ3) is 4.46. The number of rotatable bonds is 5. The Morgan fingerprint density at radius 2 is 1.88 bits per heavy atom. The largest absolute Gasteiger partial charge is 0.465 e. The number of amides is 1. The summed E-state index contributed by atoms with van der Waals surface area (Å²) in [5.74, 6) is -0.259. The summed E-state index contributed by atoms with van der Waals surface area (Å²) in [5.41, 5.74) is 1.17. The molecule has 134 valence electrons. The van der Waals surface area contributed by atoms with Gasteiger partial charge in [0, 0.05) is 11.3 Å². The van der Waals surface area contributed by atoms with E-state index < -0.39 is 28.5 Å². The Morgan fingerprint density at radius 1 is 1.20 bits per heavy atom. The molecule has 0 aliphatic heterocycles. The fourth-order valence-corrected chi connectivity index (χ4v) is 2.80. The summed E-state index contributed by atoms with van der Waals surface area (Å²) in [4.78, 5) is 23.8. The third-order valence-electron chi connectivity index (χ3n) is 3.55. The van der Waals surface area contributed by atoms with Crippen LogP contribution in [-0.4, -0.2) is 26.9 Å². The fraction of sp³-hybridized carbons (Fsp3) is 0.250. The van der Waals surface area contributed by atoms with Crippen molar-refractivity contribution in [2.24, 2.45) is 5.14 Å². The maximum Gasteiger partial charge on any atom is 0.342 e. The highest BCUT2D eigenvalue weighted by molar-refractivity contribution is 7.89. The van der Waals surface area contributed by atoms with Crippen LogP contribution in [0.15, 0.2) is 33.6 Å². The molecule has 0 aliphatic carbocycles. The van der Waals surface area contributed by atoms with Gasteiger partial charge in [-0.1, -0.05) is 6.07 Å². The van der Waals surface area contributed by atoms with Gasteiger partial charge in [-0.05, 0) is 39.0 Å². The monoisotopic (exact) mass is 366 g/mol. The molecule has 1 aromatic heterocycles. The van der Waals surface area contributed by atoms with E-state index in [1.165, 1.54) is 24.3 Å². The number of nitrogens with two attached hydrogens (primary N) is 1. The molecule has 3 N–H and O–H groups in total. The van der Waals surface area contributed by atoms with Gasteiger partial charge in [0.25, 0.3) is 5.91 Å². The van der Waals surface area contributed by atoms with Gasteiger partial charge in [-0.2, -0.15) is 0 Å². The van der Waals surface area contributed by atoms with Gasteiger partial charge in [-0.15, -0.1) is 0 Å². The van der Waals surface area contributed by atoms with Gasteiger partial charge < -0.3 is 14.5 Å². The molecule has 25 heavy (non-hydrogen) atoms. The number of hydrogen-bond donors (Lipinski definition) is 2. The molecule has 0 fully saturated rings. The van der Waals surface area contributed by atoms with Crippen LogP contribution in [-0.2, 0) is 19.6 Å². The first-order chi connectivity index (χ1) is 11.6. The second kappa shape index (κ2) is 7.08. The van der Waals surface area contributed by atoms with Crippen LogP contribution >= 0.6 is 0 Å². The van der Waals surface area contributed by atoms with E-state index in [1.807, 2.05) is 0 Å². The van der Waals surface area contributed by atoms with Crippen molar-refractivity contribution in [3.05, 3.63) is 46.9 Å². The Morgan fingerprint density at radius 3 is 2.44 bits per heavy atom. The van der Waals surface area contributed by atoms with Gasteiger partial charge in [0.1, 0.15) is 17.1 Å². The number of nitrogens with one attached hydrogen (secondary N) is 1. The molecule has 9 heteroatoms. The van der Waals surface area contributed by atoms with Crippen LogP contribution in [0.3, 0.4) is 0 Å². The molecule has 8 nitrogen and oxygen atoms in total. The van der Waals surface area contributed by atoms with Crippen LogP contribution < -0.4 is 10.5 Å². The number of ether oxygens (including phenoxy) is 1. The number of aryl methyl sites for hydroxylation is 2. The zero-order valence-electron chi connectivity index (χ0n) is 14.0. The lowest BCUT2D eigenvalue weighted by molar-refractivity contribution is -0.119. The van der Waals surface area contributed by atoms with Crippen molar-refractivity contribution < 1.29 is 27.2 Å². The number of furan rings is 1. The molecule has 0 aliphatic rings. The van der Waals surface area contributed by atoms with Crippen molar-refractivity contribution >= 4 is 27.6 Å². The molecule has 2 rings (SSSR count). The first kappa shape index (κ1) is 18.7. The minimum Gasteiger partial charge on any atom is -0.465 e. The Hall–Kier alpha value is -2.65. The lowest BCUT2D eigenvalue weighted by Crippen LogP contribution is -2.21. The van der Waals surface area contributed by atoms with E-state index in [2.05, 4.69) is 5.32 Å². The molecule has 0 saturated carbocycles. The average molecular weight is 366 g/mol. The third-order valence-corrected chi connectivity index (χ3v) is 4.46. The van der Waals surface area contributed by atoms with Gasteiger partial charge in [0.15, 0.2) is 6.61 Å². The first-order valence-electron chi connectivity index (χ1n) is 7.26. The van der Waals surface area contributed by atoms with Crippen molar-refractivity contribution in [1.82, 2.24) is 0 Å². The highest BCUT2D eigenvalue weighted by Crippen LogP contribution is 2.21. The molecule has 1 amide bonds. The van der Waals surface area contributed by atoms with Crippen molar-refractivity contribution in [3.8, 4) is 0 Å². The number of sulfonamides is 1. The van der Waals surface area contributed by atoms with E-state index >= 15 is 0 Å². The molecule has 0 unspecified atom stereocenters. The molecule has 1 aromatic carbocycles. The fourth-order valence-electron chi connectivity index (χ4n) is 2.25. The molecular weight excluding hydrogens is 348 g/mol. The van der Waals surface area contributed by atoms with E-state index in [-0.39, 0.29) is 10.6 Å². The number of esters is 1. The van der Waals surface area contributed by atoms with Gasteiger partial charge in [0.2, 0.25) is 10.0 Å². The number of benzene rings is 1. The summed E-state index contributed by atoms with van der Waals surface area (Å²) in [7, 11) is -3.88. The molecule has 0 bridgehead atoms. The minimum absolute atomic E-state index is 0.137. The van der Waals surface area contributed by atoms with Gasteiger partial charge in [0.05, 0.1) is 4.90 Å². The van der Waals surface area contributed by atoms with Gasteiger partial charge >= 0.3 is 5.97 Å². The van der Waals surface area contributed by atoms with E-state index in [0.29, 0.717) is 22.6 Å². The summed E-state index contributed by atoms with van der Waals surface area (Å²) in [6.45, 7) is 4.56. The highest BCUT2D eigenvalue weighted by Gasteiger charge is 2.20. The van der Waals surface area contributed by atoms with Crippen molar-refractivity contribution in [2.75, 3.05) is 11.9 Å². The van der Waals surface area contributed by atoms with Crippen LogP contribution in [0.25, 0.3) is 0 Å². The van der Waals surface area contributed by atoms with Crippen LogP contribution in [0.5, 0.6) is 0 Å². The average Bonchev–Trinajstić information content (AvgIpc) is 2.77. The predicted molar refractivity (Wildman–Crippen MR) is 89.6 cm³/mol. The second-order valence-corrected chi connectivity index (χ2v) is 6.97. The second-order valence-electron chi connectivity index (χ2n) is 5.41. The Bertz CT molecular complexity index is 930. The van der Waals surface area contributed by atoms with Crippen LogP contribution in [0, 0.1) is 20.8 Å². The zero-order chi connectivity index (χ0) is 18.8. The summed E-state index contributed by atoms with van der Waals surface area (Å²) < 4.78 is 32.9. The normalized spacial score (nSPS) is 11.2. The Labute approximate surface area is 145 Å². The number of primary sulfonamides is 1. The van der Waals surface area contributed by atoms with E-state index in [1.54, 1.807) is 20.8 Å². The van der Waals surface area contributed by atoms with E-state index in [0.717, 1.165) is 0 Å². The number of hydrogen-bond acceptors (Lipinski definition) is 6. The summed E-state index contributed by atoms with van der Waals surface area (Å²) in [6.07, 6.45) is 0. The van der Waals surface area contributed by atoms with Crippen molar-refractivity contribution in [1.29, 1.82) is 0 Å². The van der Waals surface area contributed by atoms with Crippen molar-refractivity contribution in [3.63, 3.8) is 0 Å². The van der Waals surface area contributed by atoms with Crippen LogP contribution in [0.1, 0.15) is 27.4 Å². The number of anilines is 1. The van der Waals surface area contributed by atoms with E-state index in [4.69, 9.17) is 14.3 Å². The summed E-state index contributed by atoms with van der Waals surface area (Å²) in [6, 6.07) is 5.44. The molecule has 0 saturated heterocycles. The molecule has 1 heterocycles. The lowest BCUT2D eigenvalue weighted by atomic mass is 10.1. The molecular formula is C16H18N2O6S. The van der Waals surface area contributed by atoms with E-state index in [9.17, 15) is 18.0 Å². The highest BCUT2D eigenvalue weighted by atomic mass is 32.2. The zero-order valence-corrected chi connectivity index (χ0v) is 14.8. The topological polar surface area (TPSA) is 129 Å². The SMILES string of the molecule is Cc1oc(C)c(C(=O)OCC(=O)Nc2cccc(S(N)(=O)=O)c2)c1C. The van der Waals surface area contributed by atoms with Crippen molar-refractivity contribution in [2.45, 2.75) is 25.7 Å². The maximum atomic E-state index is 12.1. The first-order valence-corrected chi connectivity index (χ1v) is 8.80. The standard InChI is InChI=1S/C16H18N2O6S/c1-9-10(2)24-11(3)15(9)16(20)23-8-14(19)18-12-5-4-6-13(7-12)25(17,21)22/h4-7H,8H2,1-3H3,(H,18,19)(H2,17,21,22). The Kier molecular flexibility index (Phi) is 5.29. The molecule has 2 aromatic rings. The summed E-state index contributed by atoms with van der Waals surface area (Å²) >= 11 is 0. The van der Waals surface area contributed by atoms with Gasteiger partial charge in [-0.25, -0.2) is 18.4 Å². The summed E-state index contributed by atoms with van der Waals surface area (Å²) in [5, 5.41) is 7.47. The molecule has 0 spiro atoms. The van der Waals surface area contributed by atoms with Crippen LogP contribution in [0.2, 0.25) is 0 Å². The van der Waals surface area contributed by atoms with Crippen LogP contribution in [0.4, 0.5) is 5.69 Å². The minimum atomic E-state index is -3.88. The van der Waals surface area contributed by atoms with Gasteiger partial charge in [-0.3, -0.25) is 4.79 Å². The smallest absolute Gasteiger partial charge is 0.342 e. The number of carbonyl (C=O) groups is 2. The maximum absolute atomic E-state index is 12.1. The molecule has 0 radical (unpaired) electrons. The Balaban J connectivity index is 2.01.